The van der Waals surface area contributed by atoms with Gasteiger partial charge in [-0.3, -0.25) is 4.79 Å². The van der Waals surface area contributed by atoms with Gasteiger partial charge in [0.25, 0.3) is 0 Å². The lowest BCUT2D eigenvalue weighted by molar-refractivity contribution is -0.116. The fourth-order valence-electron chi connectivity index (χ4n) is 5.01. The van der Waals surface area contributed by atoms with Gasteiger partial charge >= 0.3 is 0 Å². The first-order valence-electron chi connectivity index (χ1n) is 11.2. The minimum absolute atomic E-state index is 0.0481. The van der Waals surface area contributed by atoms with Crippen LogP contribution in [0.15, 0.2) is 71.9 Å². The molecule has 2 heterocycles. The number of para-hydroxylation sites is 2. The lowest BCUT2D eigenvalue weighted by Crippen LogP contribution is -2.27. The molecular weight excluding hydrogens is 452 g/mol. The molecule has 3 aromatic rings. The fraction of sp³-hybridized carbons (Fsp3) is 0.222. The Morgan fingerprint density at radius 1 is 0.971 bits per heavy atom. The van der Waals surface area contributed by atoms with Gasteiger partial charge in [-0.25, -0.2) is 0 Å². The zero-order valence-electron chi connectivity index (χ0n) is 18.6. The molecule has 6 nitrogen and oxygen atoms in total. The number of carbonyl (C=O) groups is 1. The van der Waals surface area contributed by atoms with Gasteiger partial charge in [-0.15, -0.1) is 0 Å². The molecule has 3 aliphatic rings. The van der Waals surface area contributed by atoms with Crippen LogP contribution in [0.3, 0.4) is 0 Å². The van der Waals surface area contributed by atoms with Crippen molar-refractivity contribution in [1.82, 2.24) is 0 Å². The van der Waals surface area contributed by atoms with Crippen LogP contribution in [-0.4, -0.2) is 19.7 Å². The SMILES string of the molecule is COc1cccc([C@@H]2CC(=O)C3=C(C2)Nc2ccccc2N[C@@H]3c2cc3c(cc2Cl)OCO3)c1. The predicted molar refractivity (Wildman–Crippen MR) is 131 cm³/mol. The highest BCUT2D eigenvalue weighted by atomic mass is 35.5. The number of hydrogen-bond acceptors (Lipinski definition) is 6. The van der Waals surface area contributed by atoms with E-state index in [4.69, 9.17) is 25.8 Å². The van der Waals surface area contributed by atoms with Crippen molar-refractivity contribution < 1.29 is 19.0 Å². The van der Waals surface area contributed by atoms with Gasteiger partial charge in [-0.1, -0.05) is 35.9 Å². The van der Waals surface area contributed by atoms with Crippen LogP contribution in [0.1, 0.15) is 35.9 Å². The molecule has 0 aromatic heterocycles. The number of carbonyl (C=O) groups excluding carboxylic acids is 1. The van der Waals surface area contributed by atoms with Gasteiger partial charge in [0.2, 0.25) is 6.79 Å². The first-order valence-corrected chi connectivity index (χ1v) is 11.6. The summed E-state index contributed by atoms with van der Waals surface area (Å²) in [5, 5.41) is 7.65. The van der Waals surface area contributed by atoms with Crippen molar-refractivity contribution in [2.24, 2.45) is 0 Å². The lowest BCUT2D eigenvalue weighted by atomic mass is 9.78. The Bertz CT molecular complexity index is 1340. The van der Waals surface area contributed by atoms with Crippen molar-refractivity contribution in [2.75, 3.05) is 24.5 Å². The Labute approximate surface area is 202 Å². The lowest BCUT2D eigenvalue weighted by Gasteiger charge is -2.30. The van der Waals surface area contributed by atoms with Crippen LogP contribution in [0.2, 0.25) is 5.02 Å². The van der Waals surface area contributed by atoms with E-state index in [1.807, 2.05) is 48.5 Å². The molecule has 0 bridgehead atoms. The van der Waals surface area contributed by atoms with Crippen LogP contribution in [-0.2, 0) is 4.79 Å². The molecule has 2 aliphatic heterocycles. The molecule has 172 valence electrons. The third kappa shape index (κ3) is 3.55. The van der Waals surface area contributed by atoms with Crippen molar-refractivity contribution in [3.8, 4) is 17.2 Å². The van der Waals surface area contributed by atoms with Crippen LogP contribution < -0.4 is 24.8 Å². The number of anilines is 2. The van der Waals surface area contributed by atoms with Crippen molar-refractivity contribution in [3.05, 3.63) is 88.1 Å². The van der Waals surface area contributed by atoms with E-state index in [-0.39, 0.29) is 18.5 Å². The second kappa shape index (κ2) is 8.29. The van der Waals surface area contributed by atoms with Crippen molar-refractivity contribution in [3.63, 3.8) is 0 Å². The molecule has 0 unspecified atom stereocenters. The smallest absolute Gasteiger partial charge is 0.231 e. The van der Waals surface area contributed by atoms with E-state index in [2.05, 4.69) is 16.7 Å². The van der Waals surface area contributed by atoms with E-state index in [0.717, 1.165) is 33.9 Å². The molecule has 0 saturated carbocycles. The number of ketones is 1. The van der Waals surface area contributed by atoms with Gasteiger partial charge in [-0.2, -0.15) is 0 Å². The van der Waals surface area contributed by atoms with E-state index < -0.39 is 6.04 Å². The minimum atomic E-state index is -0.424. The first kappa shape index (κ1) is 20.9. The van der Waals surface area contributed by atoms with E-state index in [1.54, 1.807) is 13.2 Å². The van der Waals surface area contributed by atoms with Gasteiger partial charge in [-0.05, 0) is 48.2 Å². The number of halogens is 1. The summed E-state index contributed by atoms with van der Waals surface area (Å²) in [4.78, 5) is 13.7. The van der Waals surface area contributed by atoms with Crippen LogP contribution in [0, 0.1) is 0 Å². The number of benzene rings is 3. The zero-order chi connectivity index (χ0) is 23.2. The Balaban J connectivity index is 1.47. The molecule has 34 heavy (non-hydrogen) atoms. The Morgan fingerprint density at radius 3 is 2.59 bits per heavy atom. The molecule has 1 aliphatic carbocycles. The van der Waals surface area contributed by atoms with Gasteiger partial charge < -0.3 is 24.8 Å². The Kier molecular flexibility index (Phi) is 5.11. The molecule has 7 heteroatoms. The topological polar surface area (TPSA) is 68.8 Å². The van der Waals surface area contributed by atoms with Gasteiger partial charge in [0.15, 0.2) is 17.3 Å². The highest BCUT2D eigenvalue weighted by Gasteiger charge is 2.37. The number of rotatable bonds is 3. The monoisotopic (exact) mass is 474 g/mol. The second-order valence-electron chi connectivity index (χ2n) is 8.67. The standard InChI is InChI=1S/C27H23ClN2O4/c1-32-17-6-4-5-15(9-17)16-10-22-26(23(31)11-16)27(30-21-8-3-2-7-20(21)29-22)18-12-24-25(13-19(18)28)34-14-33-24/h2-9,12-13,16,27,29-30H,10-11,14H2,1H3/t16-,27+/m0/s1. The molecule has 0 amide bonds. The number of allylic oxidation sites excluding steroid dienone is 1. The highest BCUT2D eigenvalue weighted by molar-refractivity contribution is 6.31. The molecule has 3 aromatic carbocycles. The normalized spacial score (nSPS) is 20.6. The van der Waals surface area contributed by atoms with E-state index >= 15 is 0 Å². The molecule has 0 saturated heterocycles. The summed E-state index contributed by atoms with van der Waals surface area (Å²) >= 11 is 6.71. The summed E-state index contributed by atoms with van der Waals surface area (Å²) in [6.45, 7) is 0.159. The third-order valence-corrected chi connectivity index (χ3v) is 7.00. The summed E-state index contributed by atoms with van der Waals surface area (Å²) in [6, 6.07) is 19.1. The number of ether oxygens (including phenoxy) is 3. The first-order chi connectivity index (χ1) is 16.6. The molecule has 2 N–H and O–H groups in total. The van der Waals surface area contributed by atoms with Crippen LogP contribution in [0.25, 0.3) is 0 Å². The molecule has 6 rings (SSSR count). The van der Waals surface area contributed by atoms with E-state index in [1.165, 1.54) is 0 Å². The largest absolute Gasteiger partial charge is 0.497 e. The number of methoxy groups -OCH3 is 1. The predicted octanol–water partition coefficient (Wildman–Crippen LogP) is 6.06. The van der Waals surface area contributed by atoms with Crippen molar-refractivity contribution in [2.45, 2.75) is 24.8 Å². The van der Waals surface area contributed by atoms with Gasteiger partial charge in [0, 0.05) is 29.3 Å². The average molecular weight is 475 g/mol. The average Bonchev–Trinajstić information content (AvgIpc) is 3.23. The molecule has 0 radical (unpaired) electrons. The summed E-state index contributed by atoms with van der Waals surface area (Å²) in [6.07, 6.45) is 1.10. The van der Waals surface area contributed by atoms with E-state index in [0.29, 0.717) is 34.9 Å². The summed E-state index contributed by atoms with van der Waals surface area (Å²) in [5.41, 5.74) is 5.31. The zero-order valence-corrected chi connectivity index (χ0v) is 19.3. The highest BCUT2D eigenvalue weighted by Crippen LogP contribution is 2.47. The number of nitrogens with one attached hydrogen (secondary N) is 2. The fourth-order valence-corrected chi connectivity index (χ4v) is 5.27. The van der Waals surface area contributed by atoms with E-state index in [9.17, 15) is 4.79 Å². The van der Waals surface area contributed by atoms with Crippen molar-refractivity contribution in [1.29, 1.82) is 0 Å². The van der Waals surface area contributed by atoms with Gasteiger partial charge in [0.05, 0.1) is 29.5 Å². The Hall–Kier alpha value is -3.64. The molecular formula is C27H23ClN2O4. The maximum atomic E-state index is 13.7. The molecule has 2 atom stereocenters. The number of fused-ring (bicyclic) bond motifs is 2. The quantitative estimate of drug-likeness (QED) is 0.481. The second-order valence-corrected chi connectivity index (χ2v) is 9.08. The molecule has 0 spiro atoms. The van der Waals surface area contributed by atoms with Crippen LogP contribution in [0.4, 0.5) is 11.4 Å². The Morgan fingerprint density at radius 2 is 1.76 bits per heavy atom. The maximum absolute atomic E-state index is 13.7. The minimum Gasteiger partial charge on any atom is -0.497 e. The summed E-state index contributed by atoms with van der Waals surface area (Å²) < 4.78 is 16.5. The maximum Gasteiger partial charge on any atom is 0.231 e. The summed E-state index contributed by atoms with van der Waals surface area (Å²) in [7, 11) is 1.65. The van der Waals surface area contributed by atoms with Crippen LogP contribution in [0.5, 0.6) is 17.2 Å². The number of hydrogen-bond donors (Lipinski definition) is 2. The number of Topliss-reactive ketones (excluding diaryl/α,β-unsaturated/α-hetero) is 1. The van der Waals surface area contributed by atoms with Gasteiger partial charge in [0.1, 0.15) is 5.75 Å². The summed E-state index contributed by atoms with van der Waals surface area (Å²) in [5.74, 6) is 2.16. The van der Waals surface area contributed by atoms with Crippen LogP contribution >= 0.6 is 11.6 Å². The third-order valence-electron chi connectivity index (χ3n) is 6.68. The van der Waals surface area contributed by atoms with Crippen molar-refractivity contribution >= 4 is 28.8 Å². The molecule has 0 fully saturated rings.